The Morgan fingerprint density at radius 2 is 2.23 bits per heavy atom. The molecule has 0 spiro atoms. The number of aliphatic hydroxyl groups is 1. The Kier molecular flexibility index (Phi) is 2.50. The van der Waals surface area contributed by atoms with Crippen molar-refractivity contribution in [2.75, 3.05) is 13.2 Å². The van der Waals surface area contributed by atoms with Gasteiger partial charge in [0.2, 0.25) is 0 Å². The van der Waals surface area contributed by atoms with Crippen molar-refractivity contribution < 1.29 is 9.84 Å². The van der Waals surface area contributed by atoms with Gasteiger partial charge in [-0.2, -0.15) is 0 Å². The van der Waals surface area contributed by atoms with Crippen LogP contribution in [0.2, 0.25) is 0 Å². The molecule has 0 bridgehead atoms. The van der Waals surface area contributed by atoms with Crippen LogP contribution >= 0.6 is 0 Å². The van der Waals surface area contributed by atoms with Gasteiger partial charge in [0.1, 0.15) is 5.75 Å². The van der Waals surface area contributed by atoms with Crippen molar-refractivity contribution in [1.29, 1.82) is 0 Å². The van der Waals surface area contributed by atoms with E-state index in [0.717, 1.165) is 25.2 Å². The summed E-state index contributed by atoms with van der Waals surface area (Å²) in [5.41, 5.74) is 1.25. The Hall–Kier alpha value is -1.02. The van der Waals surface area contributed by atoms with E-state index >= 15 is 0 Å². The Balaban J connectivity index is 2.26. The minimum Gasteiger partial charge on any atom is -0.493 e. The molecule has 1 heterocycles. The SMILES string of the molecule is OCC[C@H]1CCOc2ccccc21. The molecule has 0 saturated carbocycles. The molecule has 0 aliphatic carbocycles. The van der Waals surface area contributed by atoms with Gasteiger partial charge in [0.25, 0.3) is 0 Å². The highest BCUT2D eigenvalue weighted by Gasteiger charge is 2.19. The fraction of sp³-hybridized carbons (Fsp3) is 0.455. The number of aliphatic hydroxyl groups excluding tert-OH is 1. The van der Waals surface area contributed by atoms with Crippen LogP contribution in [0, 0.1) is 0 Å². The van der Waals surface area contributed by atoms with Crippen LogP contribution in [-0.2, 0) is 0 Å². The lowest BCUT2D eigenvalue weighted by Gasteiger charge is -2.25. The summed E-state index contributed by atoms with van der Waals surface area (Å²) in [4.78, 5) is 0. The number of hydrogen-bond acceptors (Lipinski definition) is 2. The zero-order valence-electron chi connectivity index (χ0n) is 7.57. The van der Waals surface area contributed by atoms with Crippen molar-refractivity contribution in [3.05, 3.63) is 29.8 Å². The third-order valence-corrected chi connectivity index (χ3v) is 2.56. The molecule has 0 fully saturated rings. The number of benzene rings is 1. The second-order valence-electron chi connectivity index (χ2n) is 3.38. The number of hydrogen-bond donors (Lipinski definition) is 1. The van der Waals surface area contributed by atoms with Crippen molar-refractivity contribution in [3.8, 4) is 5.75 Å². The normalized spacial score (nSPS) is 20.5. The molecule has 1 aliphatic heterocycles. The Labute approximate surface area is 78.2 Å². The molecule has 1 atom stereocenters. The van der Waals surface area contributed by atoms with Gasteiger partial charge in [-0.3, -0.25) is 0 Å². The van der Waals surface area contributed by atoms with Crippen LogP contribution in [0.5, 0.6) is 5.75 Å². The molecule has 13 heavy (non-hydrogen) atoms. The Morgan fingerprint density at radius 1 is 1.38 bits per heavy atom. The molecule has 0 amide bonds. The molecule has 70 valence electrons. The van der Waals surface area contributed by atoms with Crippen molar-refractivity contribution in [2.45, 2.75) is 18.8 Å². The molecule has 1 N–H and O–H groups in total. The third-order valence-electron chi connectivity index (χ3n) is 2.56. The largest absolute Gasteiger partial charge is 0.493 e. The lowest BCUT2D eigenvalue weighted by Crippen LogP contribution is -2.14. The van der Waals surface area contributed by atoms with Gasteiger partial charge in [-0.15, -0.1) is 0 Å². The summed E-state index contributed by atoms with van der Waals surface area (Å²) in [7, 11) is 0. The molecule has 2 rings (SSSR count). The van der Waals surface area contributed by atoms with E-state index in [2.05, 4.69) is 6.07 Å². The van der Waals surface area contributed by atoms with Gasteiger partial charge in [-0.05, 0) is 30.4 Å². The molecule has 0 saturated heterocycles. The number of ether oxygens (including phenoxy) is 1. The van der Waals surface area contributed by atoms with E-state index in [9.17, 15) is 0 Å². The fourth-order valence-electron chi connectivity index (χ4n) is 1.87. The monoisotopic (exact) mass is 178 g/mol. The van der Waals surface area contributed by atoms with Crippen LogP contribution in [0.4, 0.5) is 0 Å². The highest BCUT2D eigenvalue weighted by molar-refractivity contribution is 5.37. The van der Waals surface area contributed by atoms with Crippen molar-refractivity contribution in [2.24, 2.45) is 0 Å². The smallest absolute Gasteiger partial charge is 0.122 e. The highest BCUT2D eigenvalue weighted by Crippen LogP contribution is 2.34. The molecule has 0 radical (unpaired) electrons. The standard InChI is InChI=1S/C11H14O2/c12-7-5-9-6-8-13-11-4-2-1-3-10(9)11/h1-4,9,12H,5-8H2/t9-/m0/s1. The number of rotatable bonds is 2. The number of fused-ring (bicyclic) bond motifs is 1. The minimum atomic E-state index is 0.263. The molecule has 0 aromatic heterocycles. The van der Waals surface area contributed by atoms with Gasteiger partial charge in [0.05, 0.1) is 6.61 Å². The second-order valence-corrected chi connectivity index (χ2v) is 3.38. The maximum atomic E-state index is 8.90. The summed E-state index contributed by atoms with van der Waals surface area (Å²) in [6.45, 7) is 1.04. The first-order valence-corrected chi connectivity index (χ1v) is 4.74. The quantitative estimate of drug-likeness (QED) is 0.749. The van der Waals surface area contributed by atoms with Crippen LogP contribution in [0.25, 0.3) is 0 Å². The fourth-order valence-corrected chi connectivity index (χ4v) is 1.87. The van der Waals surface area contributed by atoms with E-state index in [0.29, 0.717) is 5.92 Å². The van der Waals surface area contributed by atoms with E-state index in [4.69, 9.17) is 9.84 Å². The van der Waals surface area contributed by atoms with E-state index in [1.54, 1.807) is 0 Å². The topological polar surface area (TPSA) is 29.5 Å². The van der Waals surface area contributed by atoms with Gasteiger partial charge in [-0.1, -0.05) is 18.2 Å². The molecule has 1 aromatic carbocycles. The average molecular weight is 178 g/mol. The predicted molar refractivity (Wildman–Crippen MR) is 51.0 cm³/mol. The van der Waals surface area contributed by atoms with E-state index < -0.39 is 0 Å². The van der Waals surface area contributed by atoms with E-state index in [1.807, 2.05) is 18.2 Å². The van der Waals surface area contributed by atoms with Crippen LogP contribution in [-0.4, -0.2) is 18.3 Å². The first-order valence-electron chi connectivity index (χ1n) is 4.74. The van der Waals surface area contributed by atoms with Gasteiger partial charge in [0.15, 0.2) is 0 Å². The van der Waals surface area contributed by atoms with E-state index in [-0.39, 0.29) is 6.61 Å². The summed E-state index contributed by atoms with van der Waals surface area (Å²) in [6.07, 6.45) is 1.87. The maximum absolute atomic E-state index is 8.90. The first-order chi connectivity index (χ1) is 6.42. The van der Waals surface area contributed by atoms with Crippen molar-refractivity contribution >= 4 is 0 Å². The molecule has 0 unspecified atom stereocenters. The first kappa shape index (κ1) is 8.57. The molecule has 1 aromatic rings. The van der Waals surface area contributed by atoms with Gasteiger partial charge in [-0.25, -0.2) is 0 Å². The predicted octanol–water partition coefficient (Wildman–Crippen LogP) is 1.94. The van der Waals surface area contributed by atoms with Gasteiger partial charge >= 0.3 is 0 Å². The zero-order valence-corrected chi connectivity index (χ0v) is 7.57. The second kappa shape index (κ2) is 3.79. The average Bonchev–Trinajstić information content (AvgIpc) is 2.19. The summed E-state index contributed by atoms with van der Waals surface area (Å²) in [6, 6.07) is 8.10. The van der Waals surface area contributed by atoms with Crippen LogP contribution < -0.4 is 4.74 Å². The Bertz CT molecular complexity index is 283. The van der Waals surface area contributed by atoms with Crippen molar-refractivity contribution in [1.82, 2.24) is 0 Å². The lowest BCUT2D eigenvalue weighted by molar-refractivity contribution is 0.230. The molecular weight excluding hydrogens is 164 g/mol. The molecule has 2 heteroatoms. The van der Waals surface area contributed by atoms with Crippen LogP contribution in [0.15, 0.2) is 24.3 Å². The molecule has 1 aliphatic rings. The van der Waals surface area contributed by atoms with Gasteiger partial charge < -0.3 is 9.84 Å². The zero-order chi connectivity index (χ0) is 9.10. The lowest BCUT2D eigenvalue weighted by atomic mass is 9.91. The minimum absolute atomic E-state index is 0.263. The summed E-state index contributed by atoms with van der Waals surface area (Å²) in [5.74, 6) is 1.47. The van der Waals surface area contributed by atoms with E-state index in [1.165, 1.54) is 5.56 Å². The maximum Gasteiger partial charge on any atom is 0.122 e. The third kappa shape index (κ3) is 1.68. The molecule has 2 nitrogen and oxygen atoms in total. The summed E-state index contributed by atoms with van der Waals surface area (Å²) in [5, 5.41) is 8.90. The van der Waals surface area contributed by atoms with Gasteiger partial charge in [0, 0.05) is 6.61 Å². The molecular formula is C11H14O2. The summed E-state index contributed by atoms with van der Waals surface area (Å²) < 4.78 is 5.52. The van der Waals surface area contributed by atoms with Crippen molar-refractivity contribution in [3.63, 3.8) is 0 Å². The number of para-hydroxylation sites is 1. The Morgan fingerprint density at radius 3 is 3.08 bits per heavy atom. The summed E-state index contributed by atoms with van der Waals surface area (Å²) >= 11 is 0. The van der Waals surface area contributed by atoms with Crippen LogP contribution in [0.3, 0.4) is 0 Å². The van der Waals surface area contributed by atoms with Crippen LogP contribution in [0.1, 0.15) is 24.3 Å². The highest BCUT2D eigenvalue weighted by atomic mass is 16.5.